The van der Waals surface area contributed by atoms with E-state index in [-0.39, 0.29) is 0 Å². The summed E-state index contributed by atoms with van der Waals surface area (Å²) in [5, 5.41) is 0.650. The highest BCUT2D eigenvalue weighted by molar-refractivity contribution is 8.16. The summed E-state index contributed by atoms with van der Waals surface area (Å²) >= 11 is 7.45. The van der Waals surface area contributed by atoms with Crippen LogP contribution in [0.3, 0.4) is 0 Å². The molecule has 0 saturated carbocycles. The normalized spacial score (nSPS) is 13.0. The minimum absolute atomic E-state index is 0.436. The molecule has 2 aromatic carbocycles. The van der Waals surface area contributed by atoms with Gasteiger partial charge in [-0.05, 0) is 41.7 Å². The number of halogens is 1. The van der Waals surface area contributed by atoms with E-state index in [2.05, 4.69) is 0 Å². The second-order valence-corrected chi connectivity index (χ2v) is 7.46. The number of hydrogen-bond acceptors (Lipinski definition) is 3. The minimum Gasteiger partial charge on any atom is -0.489 e. The van der Waals surface area contributed by atoms with E-state index < -0.39 is 10.8 Å². The van der Waals surface area contributed by atoms with Gasteiger partial charge in [0, 0.05) is 11.3 Å². The van der Waals surface area contributed by atoms with E-state index in [1.54, 1.807) is 12.3 Å². The summed E-state index contributed by atoms with van der Waals surface area (Å²) < 4.78 is 18.3. The molecule has 2 nitrogen and oxygen atoms in total. The molecule has 0 radical (unpaired) electrons. The Morgan fingerprint density at radius 2 is 2.05 bits per heavy atom. The van der Waals surface area contributed by atoms with E-state index in [1.807, 2.05) is 54.8 Å². The van der Waals surface area contributed by atoms with Crippen molar-refractivity contribution >= 4 is 40.2 Å². The molecule has 0 spiro atoms. The number of ether oxygens (including phenoxy) is 1. The van der Waals surface area contributed by atoms with E-state index in [0.29, 0.717) is 11.6 Å². The van der Waals surface area contributed by atoms with E-state index in [9.17, 15) is 4.21 Å². The van der Waals surface area contributed by atoms with Crippen LogP contribution in [0.4, 0.5) is 0 Å². The predicted octanol–water partition coefficient (Wildman–Crippen LogP) is 4.96. The first kappa shape index (κ1) is 17.1. The largest absolute Gasteiger partial charge is 0.489 e. The maximum absolute atomic E-state index is 11.7. The van der Waals surface area contributed by atoms with E-state index >= 15 is 0 Å². The molecule has 0 bridgehead atoms. The maximum Gasteiger partial charge on any atom is 0.121 e. The molecule has 5 heteroatoms. The zero-order chi connectivity index (χ0) is 15.9. The standard InChI is InChI=1S/C17H17ClO2S2/c1-21-17(22(2)19)10-13-6-3-4-7-14(13)12-20-16-9-5-8-15(18)11-16/h3-11H,12H2,1-2H3. The molecule has 0 heterocycles. The lowest BCUT2D eigenvalue weighted by Gasteiger charge is -2.10. The Balaban J connectivity index is 2.20. The van der Waals surface area contributed by atoms with Crippen molar-refractivity contribution in [2.75, 3.05) is 12.5 Å². The van der Waals surface area contributed by atoms with Crippen LogP contribution in [0.1, 0.15) is 11.1 Å². The van der Waals surface area contributed by atoms with Gasteiger partial charge >= 0.3 is 0 Å². The summed E-state index contributed by atoms with van der Waals surface area (Å²) in [6.45, 7) is 0.436. The minimum atomic E-state index is -0.989. The van der Waals surface area contributed by atoms with Gasteiger partial charge in [-0.3, -0.25) is 4.21 Å². The molecule has 116 valence electrons. The first-order valence-electron chi connectivity index (χ1n) is 6.65. The van der Waals surface area contributed by atoms with E-state index in [4.69, 9.17) is 16.3 Å². The van der Waals surface area contributed by atoms with Crippen LogP contribution in [0.25, 0.3) is 6.08 Å². The quantitative estimate of drug-likeness (QED) is 0.735. The van der Waals surface area contributed by atoms with Gasteiger partial charge in [-0.15, -0.1) is 11.8 Å². The third kappa shape index (κ3) is 4.90. The van der Waals surface area contributed by atoms with Crippen LogP contribution >= 0.6 is 23.4 Å². The molecule has 0 aliphatic heterocycles. The highest BCUT2D eigenvalue weighted by Gasteiger charge is 2.05. The third-order valence-corrected chi connectivity index (χ3v) is 5.65. The van der Waals surface area contributed by atoms with Crippen LogP contribution in [0.2, 0.25) is 5.02 Å². The molecule has 0 saturated heterocycles. The molecule has 1 unspecified atom stereocenters. The van der Waals surface area contributed by atoms with Gasteiger partial charge in [-0.2, -0.15) is 0 Å². The second-order valence-electron chi connectivity index (χ2n) is 4.57. The van der Waals surface area contributed by atoms with Gasteiger partial charge in [0.1, 0.15) is 12.4 Å². The lowest BCUT2D eigenvalue weighted by Crippen LogP contribution is -1.98. The highest BCUT2D eigenvalue weighted by Crippen LogP contribution is 2.23. The van der Waals surface area contributed by atoms with Gasteiger partial charge in [0.2, 0.25) is 0 Å². The summed E-state index contributed by atoms with van der Waals surface area (Å²) in [4.78, 5) is 0. The number of rotatable bonds is 6. The molecule has 0 fully saturated rings. The van der Waals surface area contributed by atoms with Crippen LogP contribution < -0.4 is 4.74 Å². The van der Waals surface area contributed by atoms with Crippen molar-refractivity contribution in [1.29, 1.82) is 0 Å². The van der Waals surface area contributed by atoms with Crippen molar-refractivity contribution in [3.63, 3.8) is 0 Å². The Kier molecular flexibility index (Phi) is 6.55. The SMILES string of the molecule is CSC(=Cc1ccccc1COc1cccc(Cl)c1)S(C)=O. The van der Waals surface area contributed by atoms with Crippen molar-refractivity contribution in [3.05, 3.63) is 68.9 Å². The summed E-state index contributed by atoms with van der Waals surface area (Å²) in [5.74, 6) is 0.732. The van der Waals surface area contributed by atoms with Crippen molar-refractivity contribution in [2.45, 2.75) is 6.61 Å². The Morgan fingerprint density at radius 3 is 2.73 bits per heavy atom. The van der Waals surface area contributed by atoms with Crippen molar-refractivity contribution in [1.82, 2.24) is 0 Å². The number of benzene rings is 2. The van der Waals surface area contributed by atoms with Gasteiger partial charge in [-0.1, -0.05) is 41.9 Å². The molecule has 22 heavy (non-hydrogen) atoms. The smallest absolute Gasteiger partial charge is 0.121 e. The lowest BCUT2D eigenvalue weighted by molar-refractivity contribution is 0.306. The van der Waals surface area contributed by atoms with Gasteiger partial charge in [0.25, 0.3) is 0 Å². The topological polar surface area (TPSA) is 26.3 Å². The average Bonchev–Trinajstić information content (AvgIpc) is 2.51. The second kappa shape index (κ2) is 8.42. The molecule has 0 N–H and O–H groups in total. The molecule has 0 aliphatic carbocycles. The first-order chi connectivity index (χ1) is 10.6. The molecule has 0 aliphatic rings. The van der Waals surface area contributed by atoms with Crippen molar-refractivity contribution < 1.29 is 8.95 Å². The van der Waals surface area contributed by atoms with Crippen molar-refractivity contribution in [3.8, 4) is 5.75 Å². The molecular weight excluding hydrogens is 336 g/mol. The van der Waals surface area contributed by atoms with Crippen LogP contribution in [0.5, 0.6) is 5.75 Å². The fourth-order valence-electron chi connectivity index (χ4n) is 1.91. The molecule has 0 aromatic heterocycles. The zero-order valence-electron chi connectivity index (χ0n) is 12.4. The molecule has 1 atom stereocenters. The fraction of sp³-hybridized carbons (Fsp3) is 0.176. The van der Waals surface area contributed by atoms with E-state index in [0.717, 1.165) is 21.1 Å². The molecular formula is C17H17ClO2S2. The van der Waals surface area contributed by atoms with Crippen LogP contribution in [-0.4, -0.2) is 16.7 Å². The predicted molar refractivity (Wildman–Crippen MR) is 97.8 cm³/mol. The number of hydrogen-bond donors (Lipinski definition) is 0. The lowest BCUT2D eigenvalue weighted by atomic mass is 10.1. The summed E-state index contributed by atoms with van der Waals surface area (Å²) in [7, 11) is -0.989. The summed E-state index contributed by atoms with van der Waals surface area (Å²) in [6.07, 6.45) is 5.57. The Bertz CT molecular complexity index is 699. The Labute approximate surface area is 143 Å². The molecule has 2 rings (SSSR count). The fourth-order valence-corrected chi connectivity index (χ4v) is 3.57. The van der Waals surface area contributed by atoms with Gasteiger partial charge < -0.3 is 4.74 Å². The Morgan fingerprint density at radius 1 is 1.27 bits per heavy atom. The maximum atomic E-state index is 11.7. The number of thioether (sulfide) groups is 1. The van der Waals surface area contributed by atoms with Crippen LogP contribution in [0, 0.1) is 0 Å². The third-order valence-electron chi connectivity index (χ3n) is 3.00. The van der Waals surface area contributed by atoms with E-state index in [1.165, 1.54) is 11.8 Å². The van der Waals surface area contributed by atoms with Gasteiger partial charge in [0.15, 0.2) is 0 Å². The summed E-state index contributed by atoms with van der Waals surface area (Å²) in [5.41, 5.74) is 2.06. The van der Waals surface area contributed by atoms with Gasteiger partial charge in [-0.25, -0.2) is 0 Å². The first-order valence-corrected chi connectivity index (χ1v) is 9.81. The highest BCUT2D eigenvalue weighted by atomic mass is 35.5. The van der Waals surface area contributed by atoms with Gasteiger partial charge in [0.05, 0.1) is 15.0 Å². The summed E-state index contributed by atoms with van der Waals surface area (Å²) in [6, 6.07) is 15.3. The zero-order valence-corrected chi connectivity index (χ0v) is 14.8. The Hall–Kier alpha value is -1.23. The average molecular weight is 353 g/mol. The molecule has 2 aromatic rings. The van der Waals surface area contributed by atoms with Crippen LogP contribution in [0.15, 0.2) is 52.8 Å². The monoisotopic (exact) mass is 352 g/mol. The van der Waals surface area contributed by atoms with Crippen LogP contribution in [-0.2, 0) is 17.4 Å². The van der Waals surface area contributed by atoms with Crippen molar-refractivity contribution in [2.24, 2.45) is 0 Å². The molecule has 0 amide bonds.